The summed E-state index contributed by atoms with van der Waals surface area (Å²) in [6, 6.07) is 11.5. The molecule has 0 bridgehead atoms. The second-order valence-electron chi connectivity index (χ2n) is 4.49. The Labute approximate surface area is 125 Å². The van der Waals surface area contributed by atoms with Crippen LogP contribution in [-0.2, 0) is 11.3 Å². The summed E-state index contributed by atoms with van der Waals surface area (Å²) in [6.07, 6.45) is 0. The Balaban J connectivity index is 1.85. The predicted octanol–water partition coefficient (Wildman–Crippen LogP) is 1.80. The number of hydrogen-bond donors (Lipinski definition) is 1. The lowest BCUT2D eigenvalue weighted by Gasteiger charge is -2.03. The van der Waals surface area contributed by atoms with Crippen molar-refractivity contribution in [3.05, 3.63) is 54.0 Å². The van der Waals surface area contributed by atoms with Crippen LogP contribution in [0.25, 0.3) is 5.65 Å². The molecule has 1 aromatic carbocycles. The van der Waals surface area contributed by atoms with Gasteiger partial charge >= 0.3 is 5.97 Å². The molecular formula is C15H13N3O4. The van der Waals surface area contributed by atoms with E-state index >= 15 is 0 Å². The first-order valence-corrected chi connectivity index (χ1v) is 6.52. The molecule has 112 valence electrons. The van der Waals surface area contributed by atoms with E-state index in [9.17, 15) is 9.90 Å². The third-order valence-electron chi connectivity index (χ3n) is 2.98. The molecule has 3 rings (SSSR count). The lowest BCUT2D eigenvalue weighted by molar-refractivity contribution is 0.0590. The number of aromatic hydroxyl groups is 1. The summed E-state index contributed by atoms with van der Waals surface area (Å²) in [6.45, 7) is 0.117. The van der Waals surface area contributed by atoms with Gasteiger partial charge < -0.3 is 14.6 Å². The maximum Gasteiger partial charge on any atom is 0.356 e. The second kappa shape index (κ2) is 5.72. The van der Waals surface area contributed by atoms with E-state index in [1.54, 1.807) is 36.4 Å². The van der Waals surface area contributed by atoms with Gasteiger partial charge in [-0.2, -0.15) is 0 Å². The lowest BCUT2D eigenvalue weighted by atomic mass is 10.3. The molecular weight excluding hydrogens is 286 g/mol. The van der Waals surface area contributed by atoms with Crippen LogP contribution in [0.2, 0.25) is 0 Å². The van der Waals surface area contributed by atoms with Crippen molar-refractivity contribution in [3.8, 4) is 11.5 Å². The standard InChI is InChI=1S/C15H13N3O4/c1-21-15(20)12-6-3-7-14-16-13(17-18(12)14)9-22-11-5-2-4-10(19)8-11/h2-8,19H,9H2,1H3. The monoisotopic (exact) mass is 299 g/mol. The van der Waals surface area contributed by atoms with Crippen LogP contribution in [-0.4, -0.2) is 32.8 Å². The number of ether oxygens (including phenoxy) is 2. The first-order valence-electron chi connectivity index (χ1n) is 6.52. The molecule has 7 nitrogen and oxygen atoms in total. The number of nitrogens with zero attached hydrogens (tertiary/aromatic N) is 3. The van der Waals surface area contributed by atoms with Crippen LogP contribution in [0.5, 0.6) is 11.5 Å². The fourth-order valence-electron chi connectivity index (χ4n) is 1.99. The van der Waals surface area contributed by atoms with Crippen LogP contribution in [0.3, 0.4) is 0 Å². The molecule has 3 aromatic rings. The molecule has 1 N–H and O–H groups in total. The van der Waals surface area contributed by atoms with Gasteiger partial charge in [-0.25, -0.2) is 14.3 Å². The van der Waals surface area contributed by atoms with Crippen molar-refractivity contribution in [2.24, 2.45) is 0 Å². The van der Waals surface area contributed by atoms with Gasteiger partial charge in [-0.1, -0.05) is 12.1 Å². The Morgan fingerprint density at radius 2 is 2.09 bits per heavy atom. The molecule has 2 heterocycles. The Bertz CT molecular complexity index is 829. The molecule has 0 aliphatic rings. The minimum Gasteiger partial charge on any atom is -0.508 e. The van der Waals surface area contributed by atoms with Gasteiger partial charge in [0.15, 0.2) is 17.2 Å². The topological polar surface area (TPSA) is 86.0 Å². The minimum atomic E-state index is -0.490. The number of pyridine rings is 1. The van der Waals surface area contributed by atoms with Crippen molar-refractivity contribution in [3.63, 3.8) is 0 Å². The van der Waals surface area contributed by atoms with Gasteiger partial charge in [-0.15, -0.1) is 5.10 Å². The van der Waals surface area contributed by atoms with E-state index in [0.717, 1.165) is 0 Å². The fourth-order valence-corrected chi connectivity index (χ4v) is 1.99. The summed E-state index contributed by atoms with van der Waals surface area (Å²) in [5, 5.41) is 13.6. The fraction of sp³-hybridized carbons (Fsp3) is 0.133. The number of methoxy groups -OCH3 is 1. The number of fused-ring (bicyclic) bond motifs is 1. The Hall–Kier alpha value is -3.09. The van der Waals surface area contributed by atoms with E-state index in [1.807, 2.05) is 0 Å². The molecule has 0 spiro atoms. The van der Waals surface area contributed by atoms with Gasteiger partial charge in [0, 0.05) is 6.07 Å². The van der Waals surface area contributed by atoms with E-state index in [-0.39, 0.29) is 18.1 Å². The number of hydrogen-bond acceptors (Lipinski definition) is 6. The zero-order chi connectivity index (χ0) is 15.5. The summed E-state index contributed by atoms with van der Waals surface area (Å²) in [5.41, 5.74) is 0.813. The van der Waals surface area contributed by atoms with Gasteiger partial charge in [0.2, 0.25) is 0 Å². The quantitative estimate of drug-likeness (QED) is 0.739. The molecule has 22 heavy (non-hydrogen) atoms. The molecule has 0 saturated heterocycles. The number of aromatic nitrogens is 3. The van der Waals surface area contributed by atoms with E-state index in [0.29, 0.717) is 17.2 Å². The average Bonchev–Trinajstić information content (AvgIpc) is 2.95. The van der Waals surface area contributed by atoms with Crippen LogP contribution >= 0.6 is 0 Å². The summed E-state index contributed by atoms with van der Waals surface area (Å²) in [4.78, 5) is 16.0. The molecule has 2 aromatic heterocycles. The van der Waals surface area contributed by atoms with Gasteiger partial charge in [0.05, 0.1) is 7.11 Å². The molecule has 0 aliphatic carbocycles. The first-order chi connectivity index (χ1) is 10.7. The maximum atomic E-state index is 11.7. The third kappa shape index (κ3) is 2.69. The van der Waals surface area contributed by atoms with Crippen molar-refractivity contribution in [1.82, 2.24) is 14.6 Å². The van der Waals surface area contributed by atoms with Crippen molar-refractivity contribution in [2.45, 2.75) is 6.61 Å². The van der Waals surface area contributed by atoms with Crippen molar-refractivity contribution in [1.29, 1.82) is 0 Å². The normalized spacial score (nSPS) is 10.6. The molecule has 0 aliphatic heterocycles. The van der Waals surface area contributed by atoms with E-state index < -0.39 is 5.97 Å². The molecule has 0 unspecified atom stereocenters. The maximum absolute atomic E-state index is 11.7. The smallest absolute Gasteiger partial charge is 0.356 e. The molecule has 7 heteroatoms. The highest BCUT2D eigenvalue weighted by atomic mass is 16.5. The number of phenols is 1. The minimum absolute atomic E-state index is 0.117. The van der Waals surface area contributed by atoms with E-state index in [1.165, 1.54) is 17.7 Å². The molecule has 0 radical (unpaired) electrons. The second-order valence-corrected chi connectivity index (χ2v) is 4.49. The number of carbonyl (C=O) groups excluding carboxylic acids is 1. The number of benzene rings is 1. The highest BCUT2D eigenvalue weighted by Crippen LogP contribution is 2.18. The summed E-state index contributed by atoms with van der Waals surface area (Å²) in [5.74, 6) is 0.552. The first kappa shape index (κ1) is 13.9. The summed E-state index contributed by atoms with van der Waals surface area (Å²) in [7, 11) is 1.31. The van der Waals surface area contributed by atoms with Crippen LogP contribution in [0.4, 0.5) is 0 Å². The van der Waals surface area contributed by atoms with Crippen molar-refractivity contribution in [2.75, 3.05) is 7.11 Å². The van der Waals surface area contributed by atoms with Crippen molar-refractivity contribution < 1.29 is 19.4 Å². The lowest BCUT2D eigenvalue weighted by Crippen LogP contribution is -2.09. The van der Waals surface area contributed by atoms with Gasteiger partial charge in [0.1, 0.15) is 18.1 Å². The summed E-state index contributed by atoms with van der Waals surface area (Å²) < 4.78 is 11.6. The van der Waals surface area contributed by atoms with Crippen LogP contribution in [0.15, 0.2) is 42.5 Å². The van der Waals surface area contributed by atoms with Gasteiger partial charge in [0.25, 0.3) is 0 Å². The number of carbonyl (C=O) groups is 1. The Morgan fingerprint density at radius 3 is 2.86 bits per heavy atom. The predicted molar refractivity (Wildman–Crippen MR) is 76.8 cm³/mol. The molecule has 0 atom stereocenters. The SMILES string of the molecule is COC(=O)c1cccc2nc(COc3cccc(O)c3)nn12. The highest BCUT2D eigenvalue weighted by Gasteiger charge is 2.13. The Morgan fingerprint density at radius 1 is 1.27 bits per heavy atom. The van der Waals surface area contributed by atoms with Gasteiger partial charge in [-0.3, -0.25) is 0 Å². The zero-order valence-corrected chi connectivity index (χ0v) is 11.8. The van der Waals surface area contributed by atoms with Crippen molar-refractivity contribution >= 4 is 11.6 Å². The number of rotatable bonds is 4. The highest BCUT2D eigenvalue weighted by molar-refractivity contribution is 5.88. The number of phenolic OH excluding ortho intramolecular Hbond substituents is 1. The average molecular weight is 299 g/mol. The third-order valence-corrected chi connectivity index (χ3v) is 2.98. The van der Waals surface area contributed by atoms with Crippen LogP contribution in [0, 0.1) is 0 Å². The Kier molecular flexibility index (Phi) is 3.61. The molecule has 0 fully saturated rings. The summed E-state index contributed by atoms with van der Waals surface area (Å²) >= 11 is 0. The zero-order valence-electron chi connectivity index (χ0n) is 11.8. The molecule has 0 amide bonds. The van der Waals surface area contributed by atoms with Crippen LogP contribution < -0.4 is 4.74 Å². The number of esters is 1. The van der Waals surface area contributed by atoms with Crippen LogP contribution in [0.1, 0.15) is 16.3 Å². The molecule has 0 saturated carbocycles. The van der Waals surface area contributed by atoms with E-state index in [2.05, 4.69) is 10.1 Å². The van der Waals surface area contributed by atoms with E-state index in [4.69, 9.17) is 9.47 Å². The van der Waals surface area contributed by atoms with Gasteiger partial charge in [-0.05, 0) is 24.3 Å². The largest absolute Gasteiger partial charge is 0.508 e.